The molecular formula is C14H17BrN2O2S. The molecule has 20 heavy (non-hydrogen) atoms. The molecule has 0 radical (unpaired) electrons. The summed E-state index contributed by atoms with van der Waals surface area (Å²) in [5.74, 6) is 0.138. The Morgan fingerprint density at radius 3 is 2.70 bits per heavy atom. The number of halogens is 1. The zero-order chi connectivity index (χ0) is 14.8. The normalized spacial score (nSPS) is 13.6. The van der Waals surface area contributed by atoms with E-state index in [0.717, 1.165) is 21.1 Å². The van der Waals surface area contributed by atoms with E-state index in [4.69, 9.17) is 0 Å². The van der Waals surface area contributed by atoms with Crippen LogP contribution in [0.25, 0.3) is 10.9 Å². The van der Waals surface area contributed by atoms with Crippen molar-refractivity contribution in [2.45, 2.75) is 12.5 Å². The minimum atomic E-state index is -2.98. The largest absolute Gasteiger partial charge is 0.312 e. The van der Waals surface area contributed by atoms with Crippen LogP contribution >= 0.6 is 15.9 Å². The second-order valence-electron chi connectivity index (χ2n) is 4.81. The van der Waals surface area contributed by atoms with Crippen LogP contribution in [0.15, 0.2) is 34.8 Å². The Morgan fingerprint density at radius 2 is 2.05 bits per heavy atom. The molecule has 1 unspecified atom stereocenters. The van der Waals surface area contributed by atoms with Gasteiger partial charge in [0.1, 0.15) is 9.84 Å². The Bertz CT molecular complexity index is 716. The summed E-state index contributed by atoms with van der Waals surface area (Å²) < 4.78 is 23.5. The summed E-state index contributed by atoms with van der Waals surface area (Å²) in [6.07, 6.45) is 1.75. The highest BCUT2D eigenvalue weighted by molar-refractivity contribution is 9.10. The molecule has 0 saturated heterocycles. The van der Waals surface area contributed by atoms with Crippen LogP contribution < -0.4 is 5.32 Å². The number of hydrogen-bond acceptors (Lipinski definition) is 4. The summed E-state index contributed by atoms with van der Waals surface area (Å²) in [6.45, 7) is 0. The summed E-state index contributed by atoms with van der Waals surface area (Å²) in [5.41, 5.74) is 1.75. The van der Waals surface area contributed by atoms with Gasteiger partial charge in [-0.15, -0.1) is 0 Å². The Balaban J connectivity index is 2.36. The first-order chi connectivity index (χ1) is 9.40. The van der Waals surface area contributed by atoms with Gasteiger partial charge in [0.25, 0.3) is 0 Å². The molecule has 1 aromatic carbocycles. The molecule has 0 bridgehead atoms. The first-order valence-electron chi connectivity index (χ1n) is 6.31. The molecule has 0 aliphatic heterocycles. The molecule has 0 aliphatic carbocycles. The monoisotopic (exact) mass is 356 g/mol. The minimum Gasteiger partial charge on any atom is -0.312 e. The predicted octanol–water partition coefficient (Wildman–Crippen LogP) is 2.69. The van der Waals surface area contributed by atoms with Crippen LogP contribution in [0.1, 0.15) is 18.2 Å². The lowest BCUT2D eigenvalue weighted by Crippen LogP contribution is -2.21. The molecule has 0 amide bonds. The smallest absolute Gasteiger partial charge is 0.147 e. The molecule has 2 rings (SSSR count). The van der Waals surface area contributed by atoms with Crippen molar-refractivity contribution in [2.24, 2.45) is 0 Å². The maximum atomic E-state index is 11.3. The van der Waals surface area contributed by atoms with Gasteiger partial charge in [0.2, 0.25) is 0 Å². The van der Waals surface area contributed by atoms with E-state index < -0.39 is 9.84 Å². The lowest BCUT2D eigenvalue weighted by molar-refractivity contribution is 0.548. The van der Waals surface area contributed by atoms with Gasteiger partial charge in [-0.25, -0.2) is 13.4 Å². The molecule has 0 saturated carbocycles. The number of nitrogens with one attached hydrogen (secondary N) is 1. The number of benzene rings is 1. The van der Waals surface area contributed by atoms with Gasteiger partial charge < -0.3 is 5.32 Å². The van der Waals surface area contributed by atoms with Crippen LogP contribution in [0.3, 0.4) is 0 Å². The van der Waals surface area contributed by atoms with E-state index in [9.17, 15) is 8.42 Å². The van der Waals surface area contributed by atoms with Crippen molar-refractivity contribution in [3.63, 3.8) is 0 Å². The first-order valence-corrected chi connectivity index (χ1v) is 9.16. The number of pyridine rings is 1. The van der Waals surface area contributed by atoms with Crippen molar-refractivity contribution in [1.82, 2.24) is 10.3 Å². The third kappa shape index (κ3) is 3.77. The number of nitrogens with zero attached hydrogens (tertiary/aromatic N) is 1. The standard InChI is InChI=1S/C14H17BrN2O2S/c1-16-13(7-8-20(2,18)19)14-11(15)9-10-5-3-4-6-12(10)17-14/h3-6,9,13,16H,7-8H2,1-2H3. The van der Waals surface area contributed by atoms with Crippen LogP contribution in [0.4, 0.5) is 0 Å². The molecule has 1 atom stereocenters. The van der Waals surface area contributed by atoms with Crippen molar-refractivity contribution in [3.8, 4) is 0 Å². The second-order valence-corrected chi connectivity index (χ2v) is 7.92. The zero-order valence-corrected chi connectivity index (χ0v) is 13.8. The Hall–Kier alpha value is -0.980. The summed E-state index contributed by atoms with van der Waals surface area (Å²) in [6, 6.07) is 9.79. The highest BCUT2D eigenvalue weighted by Gasteiger charge is 2.17. The Labute approximate surface area is 127 Å². The average molecular weight is 357 g/mol. The number of para-hydroxylation sites is 1. The lowest BCUT2D eigenvalue weighted by Gasteiger charge is -2.17. The summed E-state index contributed by atoms with van der Waals surface area (Å²) in [4.78, 5) is 4.64. The van der Waals surface area contributed by atoms with Crippen LogP contribution in [0.2, 0.25) is 0 Å². The fourth-order valence-electron chi connectivity index (χ4n) is 2.10. The maximum Gasteiger partial charge on any atom is 0.147 e. The summed E-state index contributed by atoms with van der Waals surface area (Å²) in [5, 5.41) is 4.20. The van der Waals surface area contributed by atoms with Crippen molar-refractivity contribution in [2.75, 3.05) is 19.1 Å². The summed E-state index contributed by atoms with van der Waals surface area (Å²) >= 11 is 3.53. The van der Waals surface area contributed by atoms with Gasteiger partial charge in [-0.05, 0) is 41.5 Å². The third-order valence-electron chi connectivity index (χ3n) is 3.16. The van der Waals surface area contributed by atoms with E-state index in [-0.39, 0.29) is 11.8 Å². The summed E-state index contributed by atoms with van der Waals surface area (Å²) in [7, 11) is -1.16. The van der Waals surface area contributed by atoms with E-state index in [2.05, 4.69) is 26.2 Å². The van der Waals surface area contributed by atoms with Crippen LogP contribution in [-0.2, 0) is 9.84 Å². The van der Waals surface area contributed by atoms with Gasteiger partial charge in [-0.2, -0.15) is 0 Å². The molecule has 6 heteroatoms. The predicted molar refractivity (Wildman–Crippen MR) is 85.6 cm³/mol. The van der Waals surface area contributed by atoms with Gasteiger partial charge in [-0.3, -0.25) is 0 Å². The average Bonchev–Trinajstić information content (AvgIpc) is 2.38. The van der Waals surface area contributed by atoms with E-state index >= 15 is 0 Å². The van der Waals surface area contributed by atoms with E-state index in [1.165, 1.54) is 6.26 Å². The molecule has 1 N–H and O–H groups in total. The van der Waals surface area contributed by atoms with Crippen molar-refractivity contribution in [3.05, 3.63) is 40.5 Å². The molecule has 2 aromatic rings. The Kier molecular flexibility index (Phi) is 4.78. The molecule has 1 aromatic heterocycles. The zero-order valence-electron chi connectivity index (χ0n) is 11.4. The van der Waals surface area contributed by atoms with Crippen LogP contribution in [-0.4, -0.2) is 32.5 Å². The fraction of sp³-hybridized carbons (Fsp3) is 0.357. The quantitative estimate of drug-likeness (QED) is 0.894. The SMILES string of the molecule is CNC(CCS(C)(=O)=O)c1nc2ccccc2cc1Br. The molecule has 4 nitrogen and oxygen atoms in total. The number of sulfone groups is 1. The number of rotatable bonds is 5. The molecule has 108 valence electrons. The number of fused-ring (bicyclic) bond motifs is 1. The van der Waals surface area contributed by atoms with Gasteiger partial charge in [0, 0.05) is 16.1 Å². The third-order valence-corrected chi connectivity index (χ3v) is 4.77. The van der Waals surface area contributed by atoms with E-state index in [1.807, 2.05) is 37.4 Å². The van der Waals surface area contributed by atoms with Gasteiger partial charge in [0.15, 0.2) is 0 Å². The fourth-order valence-corrected chi connectivity index (χ4v) is 3.37. The second kappa shape index (κ2) is 6.20. The highest BCUT2D eigenvalue weighted by atomic mass is 79.9. The first kappa shape index (κ1) is 15.4. The van der Waals surface area contributed by atoms with E-state index in [0.29, 0.717) is 6.42 Å². The lowest BCUT2D eigenvalue weighted by atomic mass is 10.1. The van der Waals surface area contributed by atoms with Crippen molar-refractivity contribution < 1.29 is 8.42 Å². The molecule has 0 spiro atoms. The Morgan fingerprint density at radius 1 is 1.35 bits per heavy atom. The van der Waals surface area contributed by atoms with E-state index in [1.54, 1.807) is 0 Å². The topological polar surface area (TPSA) is 59.1 Å². The maximum absolute atomic E-state index is 11.3. The number of aromatic nitrogens is 1. The van der Waals surface area contributed by atoms with Crippen molar-refractivity contribution in [1.29, 1.82) is 0 Å². The van der Waals surface area contributed by atoms with Crippen LogP contribution in [0, 0.1) is 0 Å². The molecule has 0 fully saturated rings. The molecule has 1 heterocycles. The highest BCUT2D eigenvalue weighted by Crippen LogP contribution is 2.27. The van der Waals surface area contributed by atoms with Gasteiger partial charge in [0.05, 0.1) is 23.0 Å². The molecule has 0 aliphatic rings. The van der Waals surface area contributed by atoms with Gasteiger partial charge in [-0.1, -0.05) is 18.2 Å². The molecular weight excluding hydrogens is 340 g/mol. The number of hydrogen-bond donors (Lipinski definition) is 1. The minimum absolute atomic E-state index is 0.0938. The van der Waals surface area contributed by atoms with Crippen LogP contribution in [0.5, 0.6) is 0 Å². The van der Waals surface area contributed by atoms with Gasteiger partial charge >= 0.3 is 0 Å². The van der Waals surface area contributed by atoms with Crippen molar-refractivity contribution >= 4 is 36.7 Å².